The molecule has 9 atom stereocenters. The van der Waals surface area contributed by atoms with Gasteiger partial charge < -0.3 is 20.4 Å². The van der Waals surface area contributed by atoms with Gasteiger partial charge in [0.05, 0.1) is 12.2 Å². The lowest BCUT2D eigenvalue weighted by molar-refractivity contribution is -0.202. The summed E-state index contributed by atoms with van der Waals surface area (Å²) in [4.78, 5) is 12.4. The Balaban J connectivity index is 1.69. The minimum Gasteiger partial charge on any atom is -0.393 e. The predicted molar refractivity (Wildman–Crippen MR) is 96.2 cm³/mol. The molecule has 0 amide bonds. The van der Waals surface area contributed by atoms with E-state index in [0.29, 0.717) is 24.7 Å². The summed E-state index contributed by atoms with van der Waals surface area (Å²) in [6, 6.07) is 0. The van der Waals surface area contributed by atoms with Crippen molar-refractivity contribution < 1.29 is 25.2 Å². The van der Waals surface area contributed by atoms with Crippen molar-refractivity contribution in [1.29, 1.82) is 0 Å². The number of fused-ring (bicyclic) bond motifs is 5. The Bertz CT molecular complexity index is 593. The average molecular weight is 366 g/mol. The fourth-order valence-corrected chi connectivity index (χ4v) is 7.95. The van der Waals surface area contributed by atoms with Gasteiger partial charge >= 0.3 is 0 Å². The molecule has 4 aliphatic rings. The van der Waals surface area contributed by atoms with E-state index < -0.39 is 29.5 Å². The van der Waals surface area contributed by atoms with Gasteiger partial charge in [-0.25, -0.2) is 0 Å². The van der Waals surface area contributed by atoms with Crippen molar-refractivity contribution in [2.75, 3.05) is 6.61 Å². The van der Waals surface area contributed by atoms with Gasteiger partial charge in [-0.3, -0.25) is 4.79 Å². The van der Waals surface area contributed by atoms with Gasteiger partial charge in [0.25, 0.3) is 0 Å². The van der Waals surface area contributed by atoms with Gasteiger partial charge in [0.15, 0.2) is 5.78 Å². The van der Waals surface area contributed by atoms with Crippen LogP contribution in [0, 0.1) is 34.5 Å². The Morgan fingerprint density at radius 1 is 1.08 bits per heavy atom. The Hall–Kier alpha value is -0.490. The number of carbonyl (C=O) groups is 1. The van der Waals surface area contributed by atoms with E-state index in [1.54, 1.807) is 0 Å². The standard InChI is InChI=1S/C21H34O5/c1-19-7-5-13(23)9-12(19)3-4-14-15-6-8-21(26,17(25)11-22)20(15,2)10-16(24)18(14)19/h12-16,18,22-24,26H,3-11H2,1-2H3/t12-,13-,14+,15+,16+,18-,19-,20-,21+/m0/s1. The maximum Gasteiger partial charge on any atom is 0.190 e. The first-order chi connectivity index (χ1) is 12.2. The van der Waals surface area contributed by atoms with Crippen molar-refractivity contribution >= 4 is 5.78 Å². The van der Waals surface area contributed by atoms with Crippen molar-refractivity contribution in [2.24, 2.45) is 34.5 Å². The van der Waals surface area contributed by atoms with Gasteiger partial charge in [-0.15, -0.1) is 0 Å². The first-order valence-electron chi connectivity index (χ1n) is 10.4. The van der Waals surface area contributed by atoms with Crippen molar-refractivity contribution in [3.63, 3.8) is 0 Å². The third kappa shape index (κ3) is 2.27. The van der Waals surface area contributed by atoms with Crippen LogP contribution in [0.2, 0.25) is 0 Å². The Morgan fingerprint density at radius 3 is 2.50 bits per heavy atom. The van der Waals surface area contributed by atoms with E-state index in [1.165, 1.54) is 0 Å². The van der Waals surface area contributed by atoms with E-state index in [1.807, 2.05) is 6.92 Å². The lowest BCUT2D eigenvalue weighted by Crippen LogP contribution is -2.63. The van der Waals surface area contributed by atoms with Crippen molar-refractivity contribution in [1.82, 2.24) is 0 Å². The highest BCUT2D eigenvalue weighted by Gasteiger charge is 2.68. The summed E-state index contributed by atoms with van der Waals surface area (Å²) in [7, 11) is 0. The quantitative estimate of drug-likeness (QED) is 0.596. The lowest BCUT2D eigenvalue weighted by atomic mass is 9.43. The SMILES string of the molecule is C[C@]12CC[C@H](O)C[C@@H]1CC[C@H]1[C@H]2[C@H](O)C[C@@]2(C)[C@@H]1CC[C@@]2(O)C(=O)CO. The summed E-state index contributed by atoms with van der Waals surface area (Å²) < 4.78 is 0. The van der Waals surface area contributed by atoms with Crippen molar-refractivity contribution in [3.05, 3.63) is 0 Å². The largest absolute Gasteiger partial charge is 0.393 e. The van der Waals surface area contributed by atoms with Gasteiger partial charge in [-0.2, -0.15) is 0 Å². The minimum absolute atomic E-state index is 0.0323. The molecule has 0 unspecified atom stereocenters. The van der Waals surface area contributed by atoms with Gasteiger partial charge in [0.2, 0.25) is 0 Å². The Labute approximate surface area is 155 Å². The van der Waals surface area contributed by atoms with Crippen molar-refractivity contribution in [2.45, 2.75) is 83.0 Å². The molecule has 148 valence electrons. The van der Waals surface area contributed by atoms with Crippen LogP contribution in [0.3, 0.4) is 0 Å². The second kappa shape index (κ2) is 6.00. The van der Waals surface area contributed by atoms with E-state index in [-0.39, 0.29) is 23.4 Å². The van der Waals surface area contributed by atoms with E-state index in [0.717, 1.165) is 38.5 Å². The van der Waals surface area contributed by atoms with Crippen LogP contribution in [0.4, 0.5) is 0 Å². The molecule has 4 fully saturated rings. The highest BCUT2D eigenvalue weighted by atomic mass is 16.3. The predicted octanol–water partition coefficient (Wildman–Crippen LogP) is 1.65. The number of carbonyl (C=O) groups excluding carboxylic acids is 1. The van der Waals surface area contributed by atoms with Gasteiger partial charge in [0.1, 0.15) is 12.2 Å². The molecule has 0 heterocycles. The molecule has 0 bridgehead atoms. The molecule has 4 aliphatic carbocycles. The number of aliphatic hydroxyl groups excluding tert-OH is 3. The van der Waals surface area contributed by atoms with Crippen LogP contribution in [-0.4, -0.2) is 50.6 Å². The topological polar surface area (TPSA) is 98.0 Å². The first-order valence-corrected chi connectivity index (χ1v) is 10.4. The molecule has 4 N–H and O–H groups in total. The van der Waals surface area contributed by atoms with E-state index >= 15 is 0 Å². The fraction of sp³-hybridized carbons (Fsp3) is 0.952. The Morgan fingerprint density at radius 2 is 1.81 bits per heavy atom. The molecule has 0 radical (unpaired) electrons. The first kappa shape index (κ1) is 18.9. The lowest BCUT2D eigenvalue weighted by Gasteiger charge is -2.62. The van der Waals surface area contributed by atoms with E-state index in [2.05, 4.69) is 6.92 Å². The van der Waals surface area contributed by atoms with E-state index in [4.69, 9.17) is 0 Å². The molecule has 0 spiro atoms. The molecule has 5 nitrogen and oxygen atoms in total. The molecule has 0 saturated heterocycles. The molecule has 0 aromatic heterocycles. The number of ketones is 1. The van der Waals surface area contributed by atoms with Crippen LogP contribution < -0.4 is 0 Å². The fourth-order valence-electron chi connectivity index (χ4n) is 7.95. The van der Waals surface area contributed by atoms with Crippen LogP contribution in [0.25, 0.3) is 0 Å². The van der Waals surface area contributed by atoms with Crippen LogP contribution in [0.5, 0.6) is 0 Å². The smallest absolute Gasteiger partial charge is 0.190 e. The Kier molecular flexibility index (Phi) is 4.35. The highest BCUT2D eigenvalue weighted by molar-refractivity contribution is 5.89. The van der Waals surface area contributed by atoms with Gasteiger partial charge in [0, 0.05) is 5.41 Å². The molecular weight excluding hydrogens is 332 g/mol. The summed E-state index contributed by atoms with van der Waals surface area (Å²) in [6.07, 6.45) is 5.48. The molecule has 0 aromatic rings. The summed E-state index contributed by atoms with van der Waals surface area (Å²) in [5, 5.41) is 41.9. The zero-order valence-corrected chi connectivity index (χ0v) is 16.0. The second-order valence-corrected chi connectivity index (χ2v) is 10.2. The molecular formula is C21H34O5. The van der Waals surface area contributed by atoms with Crippen LogP contribution >= 0.6 is 0 Å². The summed E-state index contributed by atoms with van der Waals surface area (Å²) in [6.45, 7) is 3.61. The monoisotopic (exact) mass is 366 g/mol. The number of hydrogen-bond donors (Lipinski definition) is 4. The molecule has 26 heavy (non-hydrogen) atoms. The van der Waals surface area contributed by atoms with Gasteiger partial charge in [-0.05, 0) is 80.5 Å². The van der Waals surface area contributed by atoms with E-state index in [9.17, 15) is 25.2 Å². The maximum absolute atomic E-state index is 12.4. The summed E-state index contributed by atoms with van der Waals surface area (Å²) in [5.74, 6) is 0.653. The van der Waals surface area contributed by atoms with Crippen LogP contribution in [0.1, 0.15) is 65.2 Å². The maximum atomic E-state index is 12.4. The second-order valence-electron chi connectivity index (χ2n) is 10.2. The van der Waals surface area contributed by atoms with Crippen molar-refractivity contribution in [3.8, 4) is 0 Å². The van der Waals surface area contributed by atoms with Crippen LogP contribution in [-0.2, 0) is 4.79 Å². The molecule has 4 rings (SSSR count). The zero-order valence-electron chi connectivity index (χ0n) is 16.0. The highest BCUT2D eigenvalue weighted by Crippen LogP contribution is 2.68. The summed E-state index contributed by atoms with van der Waals surface area (Å²) >= 11 is 0. The summed E-state index contributed by atoms with van der Waals surface area (Å²) in [5.41, 5.74) is -2.14. The molecule has 5 heteroatoms. The number of aliphatic hydroxyl groups is 4. The molecule has 0 aliphatic heterocycles. The number of Topliss-reactive ketones (excluding diaryl/α,β-unsaturated/α-hetero) is 1. The zero-order chi connectivity index (χ0) is 18.9. The normalized spacial score (nSPS) is 56.4. The molecule has 0 aromatic carbocycles. The third-order valence-electron chi connectivity index (χ3n) is 9.33. The minimum atomic E-state index is -1.52. The third-order valence-corrected chi connectivity index (χ3v) is 9.33. The number of rotatable bonds is 2. The molecule has 4 saturated carbocycles. The average Bonchev–Trinajstić information content (AvgIpc) is 2.86. The van der Waals surface area contributed by atoms with Gasteiger partial charge in [-0.1, -0.05) is 13.8 Å². The van der Waals surface area contributed by atoms with Crippen LogP contribution in [0.15, 0.2) is 0 Å². The number of hydrogen-bond acceptors (Lipinski definition) is 5.